The van der Waals surface area contributed by atoms with Gasteiger partial charge in [0.25, 0.3) is 5.91 Å². The van der Waals surface area contributed by atoms with Crippen LogP contribution in [0.4, 0.5) is 0 Å². The molecule has 1 aliphatic rings. The fraction of sp³-hybridized carbons (Fsp3) is 0.250. The number of hydrogen-bond acceptors (Lipinski definition) is 3. The maximum atomic E-state index is 12.4. The summed E-state index contributed by atoms with van der Waals surface area (Å²) in [5.74, 6) is 0.599. The number of rotatable bonds is 5. The molecule has 1 fully saturated rings. The first-order valence-corrected chi connectivity index (χ1v) is 8.04. The molecule has 1 aromatic rings. The highest BCUT2D eigenvalue weighted by molar-refractivity contribution is 9.10. The smallest absolute Gasteiger partial charge is 0.276 e. The molecule has 0 aliphatic carbocycles. The normalized spacial score (nSPS) is 16.6. The van der Waals surface area contributed by atoms with Crippen LogP contribution < -0.4 is 4.74 Å². The number of carbonyl (C=O) groups is 1. The van der Waals surface area contributed by atoms with Gasteiger partial charge in [-0.3, -0.25) is 9.69 Å². The minimum absolute atomic E-state index is 0.0929. The van der Waals surface area contributed by atoms with Crippen molar-refractivity contribution in [2.45, 2.75) is 6.92 Å². The number of hydrogen-bond donors (Lipinski definition) is 0. The average Bonchev–Trinajstić information content (AvgIpc) is 2.70. The maximum Gasteiger partial charge on any atom is 0.276 e. The van der Waals surface area contributed by atoms with Gasteiger partial charge in [-0.1, -0.05) is 28.6 Å². The number of nitrogens with zero attached hydrogens (tertiary/aromatic N) is 2. The number of halogens is 1. The highest BCUT2D eigenvalue weighted by atomic mass is 79.9. The Morgan fingerprint density at radius 3 is 2.77 bits per heavy atom. The van der Waals surface area contributed by atoms with Crippen molar-refractivity contribution >= 4 is 45.2 Å². The van der Waals surface area contributed by atoms with E-state index >= 15 is 0 Å². The molecule has 1 amide bonds. The molecule has 1 heterocycles. The van der Waals surface area contributed by atoms with Crippen LogP contribution in [0.1, 0.15) is 12.5 Å². The zero-order chi connectivity index (χ0) is 16.3. The standard InChI is InChI=1S/C16H17BrN2O2S/c1-4-8-21-14-7-6-12(17)9-11(14)10-13-15(20)19(5-2)16(22)18(13)3/h4,6-7,9-10H,1,5,8H2,2-3H3. The van der Waals surface area contributed by atoms with Crippen LogP contribution in [0, 0.1) is 0 Å². The molecule has 0 radical (unpaired) electrons. The molecule has 2 rings (SSSR count). The van der Waals surface area contributed by atoms with E-state index in [4.69, 9.17) is 17.0 Å². The van der Waals surface area contributed by atoms with Crippen LogP contribution in [0.5, 0.6) is 5.75 Å². The van der Waals surface area contributed by atoms with Gasteiger partial charge in [-0.05, 0) is 43.4 Å². The van der Waals surface area contributed by atoms with Gasteiger partial charge in [0.15, 0.2) is 5.11 Å². The van der Waals surface area contributed by atoms with Gasteiger partial charge in [-0.25, -0.2) is 0 Å². The van der Waals surface area contributed by atoms with E-state index in [0.717, 1.165) is 10.0 Å². The lowest BCUT2D eigenvalue weighted by Gasteiger charge is -2.13. The Bertz CT molecular complexity index is 658. The number of ether oxygens (including phenoxy) is 1. The van der Waals surface area contributed by atoms with Crippen LogP contribution in [0.2, 0.25) is 0 Å². The van der Waals surface area contributed by atoms with Gasteiger partial charge < -0.3 is 9.64 Å². The molecule has 0 unspecified atom stereocenters. The lowest BCUT2D eigenvalue weighted by Crippen LogP contribution is -2.30. The second-order valence-corrected chi connectivity index (χ2v) is 5.98. The lowest BCUT2D eigenvalue weighted by molar-refractivity contribution is -0.122. The summed E-state index contributed by atoms with van der Waals surface area (Å²) in [6.45, 7) is 6.50. The van der Waals surface area contributed by atoms with Gasteiger partial charge in [0.1, 0.15) is 18.1 Å². The number of carbonyl (C=O) groups excluding carboxylic acids is 1. The molecule has 6 heteroatoms. The van der Waals surface area contributed by atoms with Crippen LogP contribution in [0.25, 0.3) is 6.08 Å². The first-order chi connectivity index (χ1) is 10.5. The second kappa shape index (κ2) is 7.07. The number of amides is 1. The zero-order valence-corrected chi connectivity index (χ0v) is 14.9. The predicted molar refractivity (Wildman–Crippen MR) is 95.6 cm³/mol. The molecule has 0 spiro atoms. The van der Waals surface area contributed by atoms with Crippen molar-refractivity contribution in [2.75, 3.05) is 20.2 Å². The summed E-state index contributed by atoms with van der Waals surface area (Å²) in [4.78, 5) is 15.7. The Morgan fingerprint density at radius 1 is 1.45 bits per heavy atom. The SMILES string of the molecule is C=CCOc1ccc(Br)cc1C=C1C(=O)N(CC)C(=S)N1C. The lowest BCUT2D eigenvalue weighted by atomic mass is 10.1. The molecule has 0 atom stereocenters. The summed E-state index contributed by atoms with van der Waals surface area (Å²) in [6, 6.07) is 5.66. The largest absolute Gasteiger partial charge is 0.489 e. The number of benzene rings is 1. The van der Waals surface area contributed by atoms with Gasteiger partial charge in [-0.2, -0.15) is 0 Å². The van der Waals surface area contributed by atoms with Gasteiger partial charge in [-0.15, -0.1) is 0 Å². The van der Waals surface area contributed by atoms with Crippen LogP contribution in [0.3, 0.4) is 0 Å². The molecule has 1 saturated heterocycles. The van der Waals surface area contributed by atoms with Crippen LogP contribution in [-0.4, -0.2) is 41.0 Å². The molecule has 0 aromatic heterocycles. The molecular weight excluding hydrogens is 364 g/mol. The monoisotopic (exact) mass is 380 g/mol. The summed E-state index contributed by atoms with van der Waals surface area (Å²) in [6.07, 6.45) is 3.48. The third-order valence-corrected chi connectivity index (χ3v) is 4.27. The van der Waals surface area contributed by atoms with E-state index in [9.17, 15) is 4.79 Å². The van der Waals surface area contributed by atoms with Crippen molar-refractivity contribution in [2.24, 2.45) is 0 Å². The van der Waals surface area contributed by atoms with Crippen LogP contribution >= 0.6 is 28.1 Å². The Balaban J connectivity index is 2.43. The van der Waals surface area contributed by atoms with Crippen molar-refractivity contribution in [3.05, 3.63) is 46.6 Å². The Hall–Kier alpha value is -1.66. The Morgan fingerprint density at radius 2 is 2.18 bits per heavy atom. The summed E-state index contributed by atoms with van der Waals surface area (Å²) < 4.78 is 6.55. The minimum atomic E-state index is -0.0929. The van der Waals surface area contributed by atoms with E-state index < -0.39 is 0 Å². The number of likely N-dealkylation sites (N-methyl/N-ethyl adjacent to an activating group) is 2. The molecule has 116 valence electrons. The Labute approximate surface area is 144 Å². The molecule has 0 bridgehead atoms. The van der Waals surface area contributed by atoms with E-state index in [1.54, 1.807) is 29.0 Å². The molecule has 1 aromatic carbocycles. The van der Waals surface area contributed by atoms with E-state index in [-0.39, 0.29) is 5.91 Å². The van der Waals surface area contributed by atoms with Crippen molar-refractivity contribution in [3.63, 3.8) is 0 Å². The van der Waals surface area contributed by atoms with Crippen molar-refractivity contribution in [1.82, 2.24) is 9.80 Å². The highest BCUT2D eigenvalue weighted by Crippen LogP contribution is 2.28. The van der Waals surface area contributed by atoms with Crippen LogP contribution in [-0.2, 0) is 4.79 Å². The third kappa shape index (κ3) is 3.23. The van der Waals surface area contributed by atoms with Crippen molar-refractivity contribution in [1.29, 1.82) is 0 Å². The summed E-state index contributed by atoms with van der Waals surface area (Å²) >= 11 is 8.74. The van der Waals surface area contributed by atoms with E-state index in [1.807, 2.05) is 25.1 Å². The molecular formula is C16H17BrN2O2S. The zero-order valence-electron chi connectivity index (χ0n) is 12.5. The quantitative estimate of drug-likeness (QED) is 0.445. The van der Waals surface area contributed by atoms with Gasteiger partial charge in [0, 0.05) is 23.6 Å². The van der Waals surface area contributed by atoms with Crippen molar-refractivity contribution in [3.8, 4) is 5.75 Å². The molecule has 4 nitrogen and oxygen atoms in total. The van der Waals surface area contributed by atoms with Gasteiger partial charge >= 0.3 is 0 Å². The molecule has 0 N–H and O–H groups in total. The first-order valence-electron chi connectivity index (χ1n) is 6.84. The van der Waals surface area contributed by atoms with E-state index in [1.165, 1.54) is 0 Å². The third-order valence-electron chi connectivity index (χ3n) is 3.28. The van der Waals surface area contributed by atoms with Gasteiger partial charge in [0.05, 0.1) is 0 Å². The minimum Gasteiger partial charge on any atom is -0.489 e. The summed E-state index contributed by atoms with van der Waals surface area (Å²) in [5, 5.41) is 0.516. The molecule has 0 saturated carbocycles. The average molecular weight is 381 g/mol. The fourth-order valence-electron chi connectivity index (χ4n) is 2.15. The maximum absolute atomic E-state index is 12.4. The van der Waals surface area contributed by atoms with E-state index in [0.29, 0.717) is 29.7 Å². The van der Waals surface area contributed by atoms with Crippen LogP contribution in [0.15, 0.2) is 41.0 Å². The second-order valence-electron chi connectivity index (χ2n) is 4.70. The summed E-state index contributed by atoms with van der Waals surface area (Å²) in [5.41, 5.74) is 1.35. The first kappa shape index (κ1) is 16.7. The van der Waals surface area contributed by atoms with Crippen molar-refractivity contribution < 1.29 is 9.53 Å². The Kier molecular flexibility index (Phi) is 5.37. The topological polar surface area (TPSA) is 32.8 Å². The molecule has 1 aliphatic heterocycles. The molecule has 22 heavy (non-hydrogen) atoms. The van der Waals surface area contributed by atoms with Gasteiger partial charge in [0.2, 0.25) is 0 Å². The predicted octanol–water partition coefficient (Wildman–Crippen LogP) is 3.43. The highest BCUT2D eigenvalue weighted by Gasteiger charge is 2.34. The van der Waals surface area contributed by atoms with E-state index in [2.05, 4.69) is 22.5 Å². The summed E-state index contributed by atoms with van der Waals surface area (Å²) in [7, 11) is 1.80. The number of thiocarbonyl (C=S) groups is 1. The fourth-order valence-corrected chi connectivity index (χ4v) is 2.84.